The Hall–Kier alpha value is -3.43. The minimum Gasteiger partial charge on any atom is -0.465 e. The summed E-state index contributed by atoms with van der Waals surface area (Å²) < 4.78 is 43.8. The lowest BCUT2D eigenvalue weighted by atomic mass is 9.99. The van der Waals surface area contributed by atoms with Crippen LogP contribution in [0.2, 0.25) is 0 Å². The number of nitrogens with zero attached hydrogens (tertiary/aromatic N) is 4. The van der Waals surface area contributed by atoms with Crippen molar-refractivity contribution in [1.29, 1.82) is 0 Å². The van der Waals surface area contributed by atoms with E-state index in [9.17, 15) is 18.0 Å². The fraction of sp³-hybridized carbons (Fsp3) is 0.333. The Balaban J connectivity index is 1.48. The molecule has 0 bridgehead atoms. The van der Waals surface area contributed by atoms with E-state index < -0.39 is 17.7 Å². The van der Waals surface area contributed by atoms with Crippen molar-refractivity contribution in [1.82, 2.24) is 19.7 Å². The molecule has 0 fully saturated rings. The number of rotatable bonds is 8. The molecule has 1 N–H and O–H groups in total. The van der Waals surface area contributed by atoms with Crippen LogP contribution in [0.5, 0.6) is 0 Å². The van der Waals surface area contributed by atoms with E-state index in [2.05, 4.69) is 32.0 Å². The largest absolute Gasteiger partial charge is 0.465 e. The van der Waals surface area contributed by atoms with Crippen LogP contribution in [-0.4, -0.2) is 39.4 Å². The fourth-order valence-electron chi connectivity index (χ4n) is 2.96. The fourth-order valence-corrected chi connectivity index (χ4v) is 2.96. The highest BCUT2D eigenvalue weighted by Gasteiger charge is 2.32. The Kier molecular flexibility index (Phi) is 6.88. The highest BCUT2D eigenvalue weighted by Crippen LogP contribution is 2.29. The molecule has 7 nitrogen and oxygen atoms in total. The van der Waals surface area contributed by atoms with Gasteiger partial charge < -0.3 is 10.1 Å². The van der Waals surface area contributed by atoms with Crippen LogP contribution in [-0.2, 0) is 17.3 Å². The van der Waals surface area contributed by atoms with E-state index in [1.807, 2.05) is 6.07 Å². The molecule has 3 rings (SSSR count). The third kappa shape index (κ3) is 6.03. The number of esters is 1. The van der Waals surface area contributed by atoms with Crippen molar-refractivity contribution >= 4 is 11.8 Å². The SMILES string of the molecule is COC(=O)c1ccc(NCCC(C)Cc2ccc(-n3cc(C(F)(F)F)cn3)nc2)nc1. The van der Waals surface area contributed by atoms with Crippen LogP contribution >= 0.6 is 0 Å². The van der Waals surface area contributed by atoms with E-state index in [4.69, 9.17) is 0 Å². The van der Waals surface area contributed by atoms with Crippen LogP contribution in [0, 0.1) is 5.92 Å². The average molecular weight is 433 g/mol. The predicted molar refractivity (Wildman–Crippen MR) is 108 cm³/mol. The lowest BCUT2D eigenvalue weighted by Crippen LogP contribution is -2.10. The van der Waals surface area contributed by atoms with Gasteiger partial charge >= 0.3 is 12.1 Å². The quantitative estimate of drug-likeness (QED) is 0.538. The number of nitrogens with one attached hydrogen (secondary N) is 1. The van der Waals surface area contributed by atoms with Gasteiger partial charge in [0.2, 0.25) is 0 Å². The molecule has 0 aliphatic heterocycles. The van der Waals surface area contributed by atoms with Crippen molar-refractivity contribution in [3.8, 4) is 5.82 Å². The summed E-state index contributed by atoms with van der Waals surface area (Å²) >= 11 is 0. The molecule has 164 valence electrons. The standard InChI is InChI=1S/C21H22F3N5O2/c1-14(7-8-25-18-5-4-16(11-26-18)20(30)31-2)9-15-3-6-19(27-10-15)29-13-17(12-28-29)21(22,23)24/h3-6,10-14H,7-9H2,1-2H3,(H,25,26). The van der Waals surface area contributed by atoms with E-state index >= 15 is 0 Å². The molecule has 0 saturated heterocycles. The molecule has 3 aromatic heterocycles. The molecule has 0 spiro atoms. The summed E-state index contributed by atoms with van der Waals surface area (Å²) in [5.41, 5.74) is 0.566. The number of hydrogen-bond acceptors (Lipinski definition) is 6. The molecule has 0 aliphatic rings. The van der Waals surface area contributed by atoms with Crippen LogP contribution in [0.4, 0.5) is 19.0 Å². The summed E-state index contributed by atoms with van der Waals surface area (Å²) in [5, 5.41) is 6.94. The van der Waals surface area contributed by atoms with E-state index in [1.165, 1.54) is 13.3 Å². The Morgan fingerprint density at radius 2 is 1.97 bits per heavy atom. The molecular formula is C21H22F3N5O2. The van der Waals surface area contributed by atoms with Crippen molar-refractivity contribution in [3.05, 3.63) is 65.7 Å². The second-order valence-electron chi connectivity index (χ2n) is 7.14. The number of anilines is 1. The average Bonchev–Trinajstić information content (AvgIpc) is 3.25. The van der Waals surface area contributed by atoms with E-state index in [0.29, 0.717) is 29.7 Å². The molecule has 10 heteroatoms. The molecular weight excluding hydrogens is 411 g/mol. The van der Waals surface area contributed by atoms with E-state index in [1.54, 1.807) is 24.4 Å². The van der Waals surface area contributed by atoms with Crippen LogP contribution in [0.1, 0.15) is 34.8 Å². The number of carbonyl (C=O) groups excluding carboxylic acids is 1. The van der Waals surface area contributed by atoms with Gasteiger partial charge in [-0.1, -0.05) is 13.0 Å². The van der Waals surface area contributed by atoms with Crippen molar-refractivity contribution in [2.45, 2.75) is 25.9 Å². The van der Waals surface area contributed by atoms with Gasteiger partial charge in [-0.2, -0.15) is 18.3 Å². The number of ether oxygens (including phenoxy) is 1. The molecule has 3 heterocycles. The Morgan fingerprint density at radius 1 is 1.16 bits per heavy atom. The predicted octanol–water partition coefficient (Wildman–Crippen LogP) is 4.15. The lowest BCUT2D eigenvalue weighted by molar-refractivity contribution is -0.137. The molecule has 1 atom stereocenters. The summed E-state index contributed by atoms with van der Waals surface area (Å²) in [6, 6.07) is 6.86. The molecule has 31 heavy (non-hydrogen) atoms. The first-order chi connectivity index (χ1) is 14.8. The highest BCUT2D eigenvalue weighted by molar-refractivity contribution is 5.89. The Labute approximate surface area is 177 Å². The van der Waals surface area contributed by atoms with Crippen LogP contribution in [0.15, 0.2) is 49.1 Å². The molecule has 0 saturated carbocycles. The van der Waals surface area contributed by atoms with Crippen LogP contribution < -0.4 is 5.32 Å². The van der Waals surface area contributed by atoms with E-state index in [-0.39, 0.29) is 0 Å². The van der Waals surface area contributed by atoms with Gasteiger partial charge in [-0.15, -0.1) is 0 Å². The number of halogens is 3. The number of hydrogen-bond donors (Lipinski definition) is 1. The topological polar surface area (TPSA) is 81.9 Å². The first kappa shape index (κ1) is 22.3. The lowest BCUT2D eigenvalue weighted by Gasteiger charge is -2.13. The molecule has 1 unspecified atom stereocenters. The summed E-state index contributed by atoms with van der Waals surface area (Å²) in [5.74, 6) is 0.912. The highest BCUT2D eigenvalue weighted by atomic mass is 19.4. The van der Waals surface area contributed by atoms with Gasteiger partial charge in [0.1, 0.15) is 5.82 Å². The summed E-state index contributed by atoms with van der Waals surface area (Å²) in [4.78, 5) is 19.8. The monoisotopic (exact) mass is 433 g/mol. The van der Waals surface area contributed by atoms with Crippen LogP contribution in [0.25, 0.3) is 5.82 Å². The maximum atomic E-state index is 12.7. The van der Waals surface area contributed by atoms with Crippen molar-refractivity contribution < 1.29 is 22.7 Å². The normalized spacial score (nSPS) is 12.4. The van der Waals surface area contributed by atoms with Gasteiger partial charge in [-0.25, -0.2) is 19.4 Å². The van der Waals surface area contributed by atoms with Crippen molar-refractivity contribution in [2.24, 2.45) is 5.92 Å². The number of carbonyl (C=O) groups is 1. The minimum atomic E-state index is -4.43. The molecule has 3 aromatic rings. The zero-order valence-electron chi connectivity index (χ0n) is 17.1. The van der Waals surface area contributed by atoms with Gasteiger partial charge in [0.05, 0.1) is 24.4 Å². The Morgan fingerprint density at radius 3 is 2.55 bits per heavy atom. The molecule has 0 aliphatic carbocycles. The molecule has 0 radical (unpaired) electrons. The summed E-state index contributed by atoms with van der Waals surface area (Å²) in [7, 11) is 1.32. The second kappa shape index (κ2) is 9.59. The maximum absolute atomic E-state index is 12.7. The maximum Gasteiger partial charge on any atom is 0.419 e. The zero-order valence-corrected chi connectivity index (χ0v) is 17.1. The third-order valence-electron chi connectivity index (χ3n) is 4.67. The van der Waals surface area contributed by atoms with E-state index in [0.717, 1.165) is 35.5 Å². The number of methoxy groups -OCH3 is 1. The Bertz CT molecular complexity index is 1000. The molecule has 0 amide bonds. The number of aromatic nitrogens is 4. The van der Waals surface area contributed by atoms with Crippen molar-refractivity contribution in [3.63, 3.8) is 0 Å². The van der Waals surface area contributed by atoms with Gasteiger partial charge in [-0.3, -0.25) is 0 Å². The second-order valence-corrected chi connectivity index (χ2v) is 7.14. The van der Waals surface area contributed by atoms with Gasteiger partial charge in [0, 0.05) is 25.1 Å². The van der Waals surface area contributed by atoms with Crippen molar-refractivity contribution in [2.75, 3.05) is 19.0 Å². The third-order valence-corrected chi connectivity index (χ3v) is 4.67. The minimum absolute atomic E-state index is 0.329. The summed E-state index contributed by atoms with van der Waals surface area (Å²) in [6.07, 6.45) is 2.03. The van der Waals surface area contributed by atoms with Gasteiger partial charge in [-0.05, 0) is 42.5 Å². The number of alkyl halides is 3. The van der Waals surface area contributed by atoms with Gasteiger partial charge in [0.15, 0.2) is 5.82 Å². The first-order valence-electron chi connectivity index (χ1n) is 9.61. The van der Waals surface area contributed by atoms with Crippen LogP contribution in [0.3, 0.4) is 0 Å². The smallest absolute Gasteiger partial charge is 0.419 e. The van der Waals surface area contributed by atoms with Gasteiger partial charge in [0.25, 0.3) is 0 Å². The first-order valence-corrected chi connectivity index (χ1v) is 9.61. The number of pyridine rings is 2. The molecule has 0 aromatic carbocycles. The summed E-state index contributed by atoms with van der Waals surface area (Å²) in [6.45, 7) is 2.80. The zero-order chi connectivity index (χ0) is 22.4.